The Morgan fingerprint density at radius 1 is 0.667 bits per heavy atom. The zero-order valence-electron chi connectivity index (χ0n) is 35.9. The summed E-state index contributed by atoms with van der Waals surface area (Å²) in [7, 11) is -1.90. The summed E-state index contributed by atoms with van der Waals surface area (Å²) in [5.41, 5.74) is -2.92. The Hall–Kier alpha value is -3.06. The Balaban J connectivity index is 0.000000233. The zero-order chi connectivity index (χ0) is 43.2. The number of alkyl halides is 3. The van der Waals surface area contributed by atoms with E-state index in [-0.39, 0.29) is 42.7 Å². The predicted octanol–water partition coefficient (Wildman–Crippen LogP) is 7.07. The van der Waals surface area contributed by atoms with Crippen LogP contribution in [0.15, 0.2) is 46.7 Å². The summed E-state index contributed by atoms with van der Waals surface area (Å²) in [4.78, 5) is 31.7. The molecule has 324 valence electrons. The molecule has 57 heavy (non-hydrogen) atoms. The van der Waals surface area contributed by atoms with Crippen LogP contribution in [0.5, 0.6) is 0 Å². The summed E-state index contributed by atoms with van der Waals surface area (Å²) in [5, 5.41) is 0. The van der Waals surface area contributed by atoms with Crippen molar-refractivity contribution >= 4 is 29.4 Å². The third kappa shape index (κ3) is 14.9. The summed E-state index contributed by atoms with van der Waals surface area (Å²) >= 11 is 0. The minimum Gasteiger partial charge on any atom is -0.444 e. The molecule has 5 heterocycles. The standard InChI is InChI=1S/C16H28BNO4.C16H26N2O2.C7H10F3NO3S/c1-14(2,3)20-13(19)18-10-8-12(9-11-18)17-21-15(4,5)16(6,7)22-17;1-16(2,3)20-15(19)18-11-7-14(8-12-18)13-5-9-17(4)10-6-13;1-11-4-2-6(3-5-11)14-15(12,13)7(8,9)10/h8H,9-11H2,1-7H3;5,7H,6,8-12H2,1-4H3;2H,3-5H2,1H3. The molecule has 5 aliphatic heterocycles. The van der Waals surface area contributed by atoms with Crippen LogP contribution < -0.4 is 0 Å². The molecular weight excluding hydrogens is 768 g/mol. The fourth-order valence-corrected chi connectivity index (χ4v) is 6.44. The van der Waals surface area contributed by atoms with Crippen molar-refractivity contribution < 1.29 is 54.1 Å². The number of hydrogen-bond donors (Lipinski definition) is 0. The molecule has 0 bridgehead atoms. The van der Waals surface area contributed by atoms with Gasteiger partial charge in [0.25, 0.3) is 0 Å². The largest absolute Gasteiger partial charge is 0.534 e. The molecule has 5 rings (SSSR count). The van der Waals surface area contributed by atoms with E-state index in [0.29, 0.717) is 32.7 Å². The van der Waals surface area contributed by atoms with E-state index in [2.05, 4.69) is 28.3 Å². The Kier molecular flexibility index (Phi) is 16.0. The summed E-state index contributed by atoms with van der Waals surface area (Å²) in [5.74, 6) is -0.148. The molecule has 0 radical (unpaired) electrons. The van der Waals surface area contributed by atoms with Crippen molar-refractivity contribution in [3.05, 3.63) is 46.7 Å². The van der Waals surface area contributed by atoms with Crippen molar-refractivity contribution in [3.63, 3.8) is 0 Å². The number of halogens is 3. The molecule has 13 nitrogen and oxygen atoms in total. The van der Waals surface area contributed by atoms with Crippen LogP contribution in [-0.2, 0) is 33.1 Å². The number of nitrogens with zero attached hydrogens (tertiary/aromatic N) is 4. The number of ether oxygens (including phenoxy) is 2. The van der Waals surface area contributed by atoms with Crippen molar-refractivity contribution in [1.82, 2.24) is 19.6 Å². The van der Waals surface area contributed by atoms with Crippen LogP contribution in [0.2, 0.25) is 0 Å². The van der Waals surface area contributed by atoms with Crippen LogP contribution in [0.3, 0.4) is 0 Å². The van der Waals surface area contributed by atoms with Gasteiger partial charge in [-0.15, -0.1) is 0 Å². The number of carbonyl (C=O) groups excluding carboxylic acids is 2. The van der Waals surface area contributed by atoms with Gasteiger partial charge in [0.2, 0.25) is 0 Å². The van der Waals surface area contributed by atoms with Gasteiger partial charge in [0.15, 0.2) is 0 Å². The molecule has 0 atom stereocenters. The maximum atomic E-state index is 12.1. The second-order valence-corrected chi connectivity index (χ2v) is 19.4. The molecule has 0 aromatic rings. The Bertz CT molecular complexity index is 1650. The molecule has 2 amide bonds. The van der Waals surface area contributed by atoms with Crippen molar-refractivity contribution in [2.45, 2.75) is 123 Å². The molecule has 0 saturated carbocycles. The summed E-state index contributed by atoms with van der Waals surface area (Å²) in [6.07, 6.45) is 10.3. The molecule has 0 N–H and O–H groups in total. The summed E-state index contributed by atoms with van der Waals surface area (Å²) < 4.78 is 83.8. The van der Waals surface area contributed by atoms with E-state index in [9.17, 15) is 31.2 Å². The number of rotatable bonds is 4. The third-order valence-corrected chi connectivity index (χ3v) is 11.0. The van der Waals surface area contributed by atoms with Crippen LogP contribution in [0, 0.1) is 0 Å². The number of carbonyl (C=O) groups is 2. The van der Waals surface area contributed by atoms with Gasteiger partial charge >= 0.3 is 34.9 Å². The van der Waals surface area contributed by atoms with E-state index in [1.807, 2.05) is 80.2 Å². The van der Waals surface area contributed by atoms with Crippen LogP contribution in [-0.4, -0.2) is 142 Å². The first-order valence-corrected chi connectivity index (χ1v) is 20.8. The molecule has 5 aliphatic rings. The second-order valence-electron chi connectivity index (χ2n) is 17.9. The SMILES string of the molecule is CC(C)(C)OC(=O)N1CC=C(B2OC(C)(C)C(C)(C)O2)CC1.CN1CC=C(C2=CCN(C(=O)OC(C)(C)C)CC2)CC1.CN1CC=C(OS(=O)(=O)C(F)(F)F)CC1. The lowest BCUT2D eigenvalue weighted by atomic mass is 9.75. The zero-order valence-corrected chi connectivity index (χ0v) is 36.7. The van der Waals surface area contributed by atoms with E-state index in [1.165, 1.54) is 17.2 Å². The van der Waals surface area contributed by atoms with Crippen LogP contribution >= 0.6 is 0 Å². The van der Waals surface area contributed by atoms with Gasteiger partial charge in [0, 0.05) is 58.8 Å². The highest BCUT2D eigenvalue weighted by molar-refractivity contribution is 7.87. The highest BCUT2D eigenvalue weighted by Gasteiger charge is 2.52. The molecule has 0 aromatic carbocycles. The first-order valence-electron chi connectivity index (χ1n) is 19.4. The Morgan fingerprint density at radius 3 is 1.44 bits per heavy atom. The van der Waals surface area contributed by atoms with Crippen LogP contribution in [0.25, 0.3) is 0 Å². The van der Waals surface area contributed by atoms with Gasteiger partial charge in [-0.3, -0.25) is 0 Å². The topological polar surface area (TPSA) is 127 Å². The van der Waals surface area contributed by atoms with Crippen molar-refractivity contribution in [3.8, 4) is 0 Å². The molecular formula is C39H64BF3N4O9S. The molecule has 18 heteroatoms. The van der Waals surface area contributed by atoms with Gasteiger partial charge in [0.05, 0.1) is 11.2 Å². The highest BCUT2D eigenvalue weighted by Crippen LogP contribution is 2.39. The average molecular weight is 833 g/mol. The van der Waals surface area contributed by atoms with Crippen molar-refractivity contribution in [2.75, 3.05) is 66.5 Å². The minimum absolute atomic E-state index is 0.148. The highest BCUT2D eigenvalue weighted by atomic mass is 32.2. The lowest BCUT2D eigenvalue weighted by molar-refractivity contribution is -0.0525. The average Bonchev–Trinajstić information content (AvgIpc) is 3.30. The monoisotopic (exact) mass is 832 g/mol. The third-order valence-electron chi connectivity index (χ3n) is 10.0. The van der Waals surface area contributed by atoms with Gasteiger partial charge < -0.3 is 42.6 Å². The quantitative estimate of drug-likeness (QED) is 0.164. The van der Waals surface area contributed by atoms with E-state index in [4.69, 9.17) is 18.8 Å². The lowest BCUT2D eigenvalue weighted by Gasteiger charge is -2.32. The smallest absolute Gasteiger partial charge is 0.444 e. The van der Waals surface area contributed by atoms with Gasteiger partial charge in [-0.05, 0) is 125 Å². The number of hydrogen-bond acceptors (Lipinski definition) is 11. The molecule has 0 unspecified atom stereocenters. The molecule has 0 aliphatic carbocycles. The van der Waals surface area contributed by atoms with E-state index in [0.717, 1.165) is 44.4 Å². The number of amides is 2. The fourth-order valence-electron chi connectivity index (χ4n) is 5.92. The summed E-state index contributed by atoms with van der Waals surface area (Å²) in [6.45, 7) is 25.1. The fraction of sp³-hybridized carbons (Fsp3) is 0.744. The Morgan fingerprint density at radius 2 is 1.09 bits per heavy atom. The maximum absolute atomic E-state index is 12.1. The van der Waals surface area contributed by atoms with Crippen molar-refractivity contribution in [1.29, 1.82) is 0 Å². The van der Waals surface area contributed by atoms with Crippen molar-refractivity contribution in [2.24, 2.45) is 0 Å². The van der Waals surface area contributed by atoms with Gasteiger partial charge in [-0.2, -0.15) is 21.6 Å². The van der Waals surface area contributed by atoms with E-state index < -0.39 is 26.8 Å². The molecule has 0 aromatic heterocycles. The van der Waals surface area contributed by atoms with E-state index in [1.54, 1.807) is 16.8 Å². The van der Waals surface area contributed by atoms with Crippen LogP contribution in [0.4, 0.5) is 22.8 Å². The first kappa shape index (κ1) is 48.3. The molecule has 1 saturated heterocycles. The normalized spacial score (nSPS) is 22.1. The van der Waals surface area contributed by atoms with E-state index >= 15 is 0 Å². The second kappa shape index (κ2) is 18.9. The molecule has 1 fully saturated rings. The minimum atomic E-state index is -5.50. The van der Waals surface area contributed by atoms with Crippen LogP contribution in [0.1, 0.15) is 94.9 Å². The van der Waals surface area contributed by atoms with Gasteiger partial charge in [-0.25, -0.2) is 9.59 Å². The van der Waals surface area contributed by atoms with Gasteiger partial charge in [-0.1, -0.05) is 18.2 Å². The number of likely N-dealkylation sites (N-methyl/N-ethyl adjacent to an activating group) is 2. The summed E-state index contributed by atoms with van der Waals surface area (Å²) in [6, 6.07) is 0. The molecule has 0 spiro atoms. The van der Waals surface area contributed by atoms with Gasteiger partial charge in [0.1, 0.15) is 17.0 Å². The first-order chi connectivity index (χ1) is 26.0. The predicted molar refractivity (Wildman–Crippen MR) is 214 cm³/mol. The maximum Gasteiger partial charge on any atom is 0.534 e. The Labute approximate surface area is 338 Å². The lowest BCUT2D eigenvalue weighted by Crippen LogP contribution is -2.41.